The molecule has 32 heavy (non-hydrogen) atoms. The maximum atomic E-state index is 11.6. The van der Waals surface area contributed by atoms with Crippen LogP contribution in [0, 0.1) is 51.2 Å². The van der Waals surface area contributed by atoms with Gasteiger partial charge in [0.1, 0.15) is 0 Å². The molecule has 4 aliphatic carbocycles. The van der Waals surface area contributed by atoms with Crippen LogP contribution < -0.4 is 0 Å². The van der Waals surface area contributed by atoms with Gasteiger partial charge >= 0.3 is 5.97 Å². The van der Waals surface area contributed by atoms with Crippen LogP contribution in [0.15, 0.2) is 24.3 Å². The summed E-state index contributed by atoms with van der Waals surface area (Å²) in [6.45, 7) is 23.5. The molecule has 4 fully saturated rings. The van der Waals surface area contributed by atoms with Gasteiger partial charge < -0.3 is 5.11 Å². The largest absolute Gasteiger partial charge is 0.481 e. The minimum atomic E-state index is -0.649. The average Bonchev–Trinajstić information content (AvgIpc) is 3.04. The average molecular weight is 441 g/mol. The van der Waals surface area contributed by atoms with E-state index in [9.17, 15) is 9.90 Å². The predicted molar refractivity (Wildman–Crippen MR) is 133 cm³/mol. The molecule has 0 heterocycles. The first-order valence-electron chi connectivity index (χ1n) is 13.3. The number of carboxylic acid groups (broad SMARTS) is 1. The third kappa shape index (κ3) is 3.13. The Balaban J connectivity index is 1.72. The van der Waals surface area contributed by atoms with Crippen LogP contribution in [-0.4, -0.2) is 11.1 Å². The monoisotopic (exact) mass is 440 g/mol. The lowest BCUT2D eigenvalue weighted by molar-refractivity contribution is -0.221. The van der Waals surface area contributed by atoms with E-state index < -0.39 is 5.97 Å². The van der Waals surface area contributed by atoms with Gasteiger partial charge in [-0.1, -0.05) is 52.0 Å². The Morgan fingerprint density at radius 2 is 1.44 bits per heavy atom. The van der Waals surface area contributed by atoms with Gasteiger partial charge in [-0.2, -0.15) is 0 Å². The molecular weight excluding hydrogens is 392 g/mol. The Morgan fingerprint density at radius 1 is 0.844 bits per heavy atom. The van der Waals surface area contributed by atoms with Crippen molar-refractivity contribution in [1.29, 1.82) is 0 Å². The summed E-state index contributed by atoms with van der Waals surface area (Å²) in [4.78, 5) is 11.6. The number of rotatable bonds is 5. The topological polar surface area (TPSA) is 37.3 Å². The summed E-state index contributed by atoms with van der Waals surface area (Å²) in [5.74, 6) is 2.70. The van der Waals surface area contributed by atoms with Crippen LogP contribution in [0.3, 0.4) is 0 Å². The van der Waals surface area contributed by atoms with Gasteiger partial charge in [0.2, 0.25) is 0 Å². The van der Waals surface area contributed by atoms with E-state index >= 15 is 0 Å². The summed E-state index contributed by atoms with van der Waals surface area (Å²) in [7, 11) is 0. The summed E-state index contributed by atoms with van der Waals surface area (Å²) >= 11 is 0. The van der Waals surface area contributed by atoms with Crippen LogP contribution in [0.25, 0.3) is 0 Å². The van der Waals surface area contributed by atoms with Crippen molar-refractivity contribution in [3.05, 3.63) is 24.3 Å². The van der Waals surface area contributed by atoms with Gasteiger partial charge in [0.25, 0.3) is 0 Å². The summed E-state index contributed by atoms with van der Waals surface area (Å²) in [6, 6.07) is 0. The quantitative estimate of drug-likeness (QED) is 0.437. The fourth-order valence-corrected chi connectivity index (χ4v) is 10.7. The molecule has 180 valence electrons. The molecule has 0 aromatic heterocycles. The summed E-state index contributed by atoms with van der Waals surface area (Å²) in [5.41, 5.74) is 3.78. The number of fused-ring (bicyclic) bond motifs is 5. The molecule has 2 nitrogen and oxygen atoms in total. The van der Waals surface area contributed by atoms with Crippen molar-refractivity contribution in [3.63, 3.8) is 0 Å². The zero-order chi connectivity index (χ0) is 23.7. The lowest BCUT2D eigenvalue weighted by Gasteiger charge is -2.71. The Labute approximate surface area is 197 Å². The Kier molecular flexibility index (Phi) is 5.83. The maximum absolute atomic E-state index is 11.6. The van der Waals surface area contributed by atoms with Crippen LogP contribution >= 0.6 is 0 Å². The molecule has 0 bridgehead atoms. The lowest BCUT2D eigenvalue weighted by atomic mass is 9.33. The van der Waals surface area contributed by atoms with Crippen molar-refractivity contribution in [1.82, 2.24) is 0 Å². The Hall–Kier alpha value is -1.05. The number of carboxylic acids is 1. The van der Waals surface area contributed by atoms with Crippen LogP contribution in [0.4, 0.5) is 0 Å². The van der Waals surface area contributed by atoms with Gasteiger partial charge in [-0.15, -0.1) is 0 Å². The summed E-state index contributed by atoms with van der Waals surface area (Å²) < 4.78 is 0. The predicted octanol–water partition coefficient (Wildman–Crippen LogP) is 8.28. The van der Waals surface area contributed by atoms with Crippen LogP contribution in [-0.2, 0) is 4.79 Å². The molecular formula is C30H48O2. The van der Waals surface area contributed by atoms with E-state index in [1.54, 1.807) is 0 Å². The highest BCUT2D eigenvalue weighted by molar-refractivity contribution is 5.66. The molecule has 4 saturated carbocycles. The van der Waals surface area contributed by atoms with Crippen LogP contribution in [0.1, 0.15) is 106 Å². The number of hydrogen-bond acceptors (Lipinski definition) is 1. The second-order valence-corrected chi connectivity index (χ2v) is 13.5. The molecule has 4 rings (SSSR count). The van der Waals surface area contributed by atoms with Crippen molar-refractivity contribution in [3.8, 4) is 0 Å². The van der Waals surface area contributed by atoms with Crippen LogP contribution in [0.2, 0.25) is 0 Å². The van der Waals surface area contributed by atoms with Crippen LogP contribution in [0.5, 0.6) is 0 Å². The van der Waals surface area contributed by atoms with Crippen molar-refractivity contribution in [2.75, 3.05) is 0 Å². The first-order valence-corrected chi connectivity index (χ1v) is 13.3. The molecule has 0 saturated heterocycles. The highest BCUT2D eigenvalue weighted by Crippen LogP contribution is 2.76. The van der Waals surface area contributed by atoms with Gasteiger partial charge in [0.15, 0.2) is 0 Å². The van der Waals surface area contributed by atoms with E-state index in [0.29, 0.717) is 22.7 Å². The smallest absolute Gasteiger partial charge is 0.303 e. The standard InChI is InChI=1S/C30H48O2/c1-19(2)21-11-15-28(6)23(21)13-18-30(8)25(28)10-9-24-27(5,16-14-26(31)32)22(20(3)4)12-17-29(24,30)7/h21-25H,1,3,9-18H2,2,4-8H3,(H,31,32)/t21-,22+,23+,24-,25-,27+,28+,29-,30-/m1/s1. The molecule has 0 radical (unpaired) electrons. The zero-order valence-corrected chi connectivity index (χ0v) is 21.7. The van der Waals surface area contributed by atoms with Gasteiger partial charge in [0.05, 0.1) is 0 Å². The number of allylic oxidation sites excluding steroid dienone is 2. The third-order valence-electron chi connectivity index (χ3n) is 12.3. The molecule has 1 N–H and O–H groups in total. The van der Waals surface area contributed by atoms with E-state index in [1.165, 1.54) is 62.5 Å². The molecule has 0 aromatic rings. The minimum absolute atomic E-state index is 0.0405. The second kappa shape index (κ2) is 7.74. The van der Waals surface area contributed by atoms with Crippen molar-refractivity contribution in [2.24, 2.45) is 51.2 Å². The first-order chi connectivity index (χ1) is 14.8. The van der Waals surface area contributed by atoms with Crippen molar-refractivity contribution < 1.29 is 9.90 Å². The molecule has 0 amide bonds. The minimum Gasteiger partial charge on any atom is -0.481 e. The van der Waals surface area contributed by atoms with Gasteiger partial charge in [-0.05, 0) is 123 Å². The molecule has 0 spiro atoms. The normalized spacial score (nSPS) is 50.1. The van der Waals surface area contributed by atoms with Crippen molar-refractivity contribution in [2.45, 2.75) is 106 Å². The van der Waals surface area contributed by atoms with E-state index in [2.05, 4.69) is 54.7 Å². The SMILES string of the molecule is C=C(C)[C@H]1CC[C@]2(C)[C@H]3CC[C@@H]4[C@@](C)(CCC(=O)O)[C@H](C(=C)C)CC[C@@]4(C)[C@]3(C)CC[C@@H]12. The summed E-state index contributed by atoms with van der Waals surface area (Å²) in [6.07, 6.45) is 11.5. The van der Waals surface area contributed by atoms with Gasteiger partial charge in [-0.25, -0.2) is 0 Å². The van der Waals surface area contributed by atoms with E-state index in [4.69, 9.17) is 0 Å². The second-order valence-electron chi connectivity index (χ2n) is 13.5. The first kappa shape index (κ1) is 24.1. The van der Waals surface area contributed by atoms with E-state index in [-0.39, 0.29) is 17.3 Å². The maximum Gasteiger partial charge on any atom is 0.303 e. The van der Waals surface area contributed by atoms with Gasteiger partial charge in [0, 0.05) is 6.42 Å². The Morgan fingerprint density at radius 3 is 2.03 bits per heavy atom. The molecule has 9 atom stereocenters. The highest BCUT2D eigenvalue weighted by Gasteiger charge is 2.69. The molecule has 4 aliphatic rings. The molecule has 0 aliphatic heterocycles. The summed E-state index contributed by atoms with van der Waals surface area (Å²) in [5, 5.41) is 9.56. The fraction of sp³-hybridized carbons (Fsp3) is 0.833. The Bertz CT molecular complexity index is 812. The fourth-order valence-electron chi connectivity index (χ4n) is 10.7. The third-order valence-corrected chi connectivity index (χ3v) is 12.3. The molecule has 0 unspecified atom stereocenters. The van der Waals surface area contributed by atoms with Gasteiger partial charge in [-0.3, -0.25) is 4.79 Å². The van der Waals surface area contributed by atoms with Crippen molar-refractivity contribution >= 4 is 5.97 Å². The van der Waals surface area contributed by atoms with E-state index in [0.717, 1.165) is 24.2 Å². The number of carbonyl (C=O) groups is 1. The molecule has 2 heteroatoms. The number of hydrogen-bond donors (Lipinski definition) is 1. The lowest BCUT2D eigenvalue weighted by Crippen LogP contribution is -2.64. The number of aliphatic carboxylic acids is 1. The zero-order valence-electron chi connectivity index (χ0n) is 21.7. The molecule has 0 aromatic carbocycles. The highest BCUT2D eigenvalue weighted by atomic mass is 16.4. The van der Waals surface area contributed by atoms with E-state index in [1.807, 2.05) is 0 Å².